The molecule has 0 unspecified atom stereocenters. The largest absolute Gasteiger partial charge is 0.456 e. The minimum Gasteiger partial charge on any atom is -0.456 e. The van der Waals surface area contributed by atoms with Crippen LogP contribution in [-0.2, 0) is 0 Å². The number of nitrogens with zero attached hydrogens (tertiary/aromatic N) is 2. The number of anilines is 1. The van der Waals surface area contributed by atoms with Gasteiger partial charge in [-0.1, -0.05) is 23.2 Å². The van der Waals surface area contributed by atoms with Gasteiger partial charge in [0, 0.05) is 23.5 Å². The van der Waals surface area contributed by atoms with Gasteiger partial charge in [-0.3, -0.25) is 10.4 Å². The van der Waals surface area contributed by atoms with Gasteiger partial charge in [0.25, 0.3) is 0 Å². The van der Waals surface area contributed by atoms with Crippen LogP contribution in [0.3, 0.4) is 0 Å². The molecule has 0 atom stereocenters. The van der Waals surface area contributed by atoms with Crippen molar-refractivity contribution in [1.82, 2.24) is 4.98 Å². The zero-order valence-corrected chi connectivity index (χ0v) is 14.1. The molecule has 0 fully saturated rings. The van der Waals surface area contributed by atoms with E-state index in [0.29, 0.717) is 21.5 Å². The molecule has 120 valence electrons. The fourth-order valence-electron chi connectivity index (χ4n) is 2.17. The van der Waals surface area contributed by atoms with Crippen LogP contribution >= 0.6 is 23.2 Å². The van der Waals surface area contributed by atoms with E-state index < -0.39 is 0 Å². The Kier molecular flexibility index (Phi) is 4.99. The average Bonchev–Trinajstić information content (AvgIpc) is 2.59. The van der Waals surface area contributed by atoms with Crippen LogP contribution in [0, 0.1) is 0 Å². The van der Waals surface area contributed by atoms with Crippen LogP contribution in [0.2, 0.25) is 10.0 Å². The Bertz CT molecular complexity index is 866. The number of halogens is 2. The molecule has 0 aliphatic heterocycles. The van der Waals surface area contributed by atoms with Crippen LogP contribution in [0.4, 0.5) is 5.69 Å². The third-order valence-electron chi connectivity index (χ3n) is 3.25. The fraction of sp³-hybridized carbons (Fsp3) is 0. The SMILES string of the molecule is C=NNc1cccnc1-c1ccc(Oc2ccc(Cl)cc2)c(Cl)c1. The van der Waals surface area contributed by atoms with Crippen LogP contribution in [0.15, 0.2) is 65.9 Å². The molecule has 1 heterocycles. The lowest BCUT2D eigenvalue weighted by Crippen LogP contribution is -1.94. The summed E-state index contributed by atoms with van der Waals surface area (Å²) in [6.45, 7) is 3.43. The number of hydrogen-bond donors (Lipinski definition) is 1. The van der Waals surface area contributed by atoms with Crippen LogP contribution in [-0.4, -0.2) is 11.7 Å². The molecule has 0 aliphatic carbocycles. The van der Waals surface area contributed by atoms with Crippen molar-refractivity contribution in [2.45, 2.75) is 0 Å². The van der Waals surface area contributed by atoms with Gasteiger partial charge in [0.05, 0.1) is 16.4 Å². The summed E-state index contributed by atoms with van der Waals surface area (Å²) in [7, 11) is 0. The molecule has 0 aliphatic rings. The Morgan fingerprint density at radius 1 is 1.04 bits per heavy atom. The Balaban J connectivity index is 1.90. The molecule has 0 radical (unpaired) electrons. The second-order valence-electron chi connectivity index (χ2n) is 4.87. The van der Waals surface area contributed by atoms with Gasteiger partial charge in [-0.2, -0.15) is 5.10 Å². The number of aromatic nitrogens is 1. The van der Waals surface area contributed by atoms with Crippen molar-refractivity contribution >= 4 is 35.6 Å². The predicted molar refractivity (Wildman–Crippen MR) is 99.4 cm³/mol. The third kappa shape index (κ3) is 3.67. The summed E-state index contributed by atoms with van der Waals surface area (Å²) >= 11 is 12.2. The predicted octanol–water partition coefficient (Wildman–Crippen LogP) is 5.88. The minimum absolute atomic E-state index is 0.477. The smallest absolute Gasteiger partial charge is 0.146 e. The van der Waals surface area contributed by atoms with Crippen molar-refractivity contribution in [2.75, 3.05) is 5.43 Å². The van der Waals surface area contributed by atoms with E-state index in [-0.39, 0.29) is 0 Å². The van der Waals surface area contributed by atoms with Gasteiger partial charge in [-0.15, -0.1) is 0 Å². The maximum atomic E-state index is 6.35. The minimum atomic E-state index is 0.477. The molecule has 1 N–H and O–H groups in total. The van der Waals surface area contributed by atoms with E-state index in [1.54, 1.807) is 42.6 Å². The van der Waals surface area contributed by atoms with Gasteiger partial charge in [-0.05, 0) is 54.6 Å². The molecular weight excluding hydrogens is 345 g/mol. The highest BCUT2D eigenvalue weighted by molar-refractivity contribution is 6.32. The fourth-order valence-corrected chi connectivity index (χ4v) is 2.52. The van der Waals surface area contributed by atoms with E-state index in [4.69, 9.17) is 27.9 Å². The number of benzene rings is 2. The van der Waals surface area contributed by atoms with Crippen molar-refractivity contribution < 1.29 is 4.74 Å². The number of nitrogens with one attached hydrogen (secondary N) is 1. The maximum Gasteiger partial charge on any atom is 0.146 e. The molecule has 24 heavy (non-hydrogen) atoms. The van der Waals surface area contributed by atoms with Gasteiger partial charge in [0.15, 0.2) is 0 Å². The van der Waals surface area contributed by atoms with E-state index in [0.717, 1.165) is 16.9 Å². The quantitative estimate of drug-likeness (QED) is 0.458. The number of hydrazone groups is 1. The molecule has 0 saturated heterocycles. The number of pyridine rings is 1. The molecular formula is C18H13Cl2N3O. The molecule has 0 spiro atoms. The van der Waals surface area contributed by atoms with E-state index in [1.165, 1.54) is 0 Å². The second kappa shape index (κ2) is 7.34. The highest BCUT2D eigenvalue weighted by Gasteiger charge is 2.10. The molecule has 2 aromatic carbocycles. The summed E-state index contributed by atoms with van der Waals surface area (Å²) in [6.07, 6.45) is 1.70. The Morgan fingerprint density at radius 2 is 1.83 bits per heavy atom. The van der Waals surface area contributed by atoms with Crippen LogP contribution in [0.25, 0.3) is 11.3 Å². The molecule has 3 rings (SSSR count). The van der Waals surface area contributed by atoms with Gasteiger partial charge >= 0.3 is 0 Å². The molecule has 3 aromatic rings. The monoisotopic (exact) mass is 357 g/mol. The Labute approximate surface area is 149 Å². The third-order valence-corrected chi connectivity index (χ3v) is 3.80. The summed E-state index contributed by atoms with van der Waals surface area (Å²) in [5.74, 6) is 1.21. The van der Waals surface area contributed by atoms with Gasteiger partial charge in [-0.25, -0.2) is 0 Å². The highest BCUT2D eigenvalue weighted by atomic mass is 35.5. The lowest BCUT2D eigenvalue weighted by Gasteiger charge is -2.11. The number of rotatable bonds is 5. The highest BCUT2D eigenvalue weighted by Crippen LogP contribution is 2.35. The van der Waals surface area contributed by atoms with Gasteiger partial charge in [0.2, 0.25) is 0 Å². The summed E-state index contributed by atoms with van der Waals surface area (Å²) in [6, 6.07) is 16.2. The summed E-state index contributed by atoms with van der Waals surface area (Å²) in [4.78, 5) is 4.37. The van der Waals surface area contributed by atoms with E-state index in [1.807, 2.05) is 18.2 Å². The molecule has 0 amide bonds. The van der Waals surface area contributed by atoms with E-state index >= 15 is 0 Å². The van der Waals surface area contributed by atoms with E-state index in [2.05, 4.69) is 22.2 Å². The Morgan fingerprint density at radius 3 is 2.54 bits per heavy atom. The first kappa shape index (κ1) is 16.3. The zero-order valence-electron chi connectivity index (χ0n) is 12.5. The Hall–Kier alpha value is -2.56. The summed E-state index contributed by atoms with van der Waals surface area (Å²) in [5, 5.41) is 4.81. The van der Waals surface area contributed by atoms with Gasteiger partial charge in [0.1, 0.15) is 11.5 Å². The molecule has 0 bridgehead atoms. The summed E-state index contributed by atoms with van der Waals surface area (Å²) < 4.78 is 5.78. The maximum absolute atomic E-state index is 6.35. The normalized spacial score (nSPS) is 10.2. The van der Waals surface area contributed by atoms with Gasteiger partial charge < -0.3 is 4.74 Å². The van der Waals surface area contributed by atoms with Crippen molar-refractivity contribution in [3.8, 4) is 22.8 Å². The zero-order chi connectivity index (χ0) is 16.9. The van der Waals surface area contributed by atoms with Crippen LogP contribution < -0.4 is 10.2 Å². The van der Waals surface area contributed by atoms with E-state index in [9.17, 15) is 0 Å². The lowest BCUT2D eigenvalue weighted by atomic mass is 10.1. The molecule has 4 nitrogen and oxygen atoms in total. The van der Waals surface area contributed by atoms with Crippen molar-refractivity contribution in [1.29, 1.82) is 0 Å². The average molecular weight is 358 g/mol. The topological polar surface area (TPSA) is 46.5 Å². The van der Waals surface area contributed by atoms with Crippen molar-refractivity contribution in [2.24, 2.45) is 5.10 Å². The van der Waals surface area contributed by atoms with Crippen molar-refractivity contribution in [3.05, 3.63) is 70.8 Å². The van der Waals surface area contributed by atoms with Crippen LogP contribution in [0.5, 0.6) is 11.5 Å². The first-order chi connectivity index (χ1) is 11.7. The molecule has 1 aromatic heterocycles. The second-order valence-corrected chi connectivity index (χ2v) is 5.71. The molecule has 6 heteroatoms. The number of hydrogen-bond acceptors (Lipinski definition) is 4. The molecule has 0 saturated carbocycles. The first-order valence-electron chi connectivity index (χ1n) is 7.07. The number of ether oxygens (including phenoxy) is 1. The lowest BCUT2D eigenvalue weighted by molar-refractivity contribution is 0.483. The van der Waals surface area contributed by atoms with Crippen molar-refractivity contribution in [3.63, 3.8) is 0 Å². The standard InChI is InChI=1S/C18H13Cl2N3O/c1-21-23-16-3-2-10-22-18(16)12-4-9-17(15(20)11-12)24-14-7-5-13(19)6-8-14/h2-11,23H,1H2. The first-order valence-corrected chi connectivity index (χ1v) is 7.83. The summed E-state index contributed by atoms with van der Waals surface area (Å²) in [5.41, 5.74) is 5.13. The van der Waals surface area contributed by atoms with Crippen LogP contribution in [0.1, 0.15) is 0 Å².